The van der Waals surface area contributed by atoms with Crippen LogP contribution in [0.5, 0.6) is 5.75 Å². The summed E-state index contributed by atoms with van der Waals surface area (Å²) < 4.78 is 5.21. The van der Waals surface area contributed by atoms with Crippen molar-refractivity contribution in [3.05, 3.63) is 59.7 Å². The Morgan fingerprint density at radius 2 is 1.65 bits per heavy atom. The minimum Gasteiger partial charge on any atom is -0.426 e. The molecule has 2 aromatic carbocycles. The Morgan fingerprint density at radius 3 is 2.26 bits per heavy atom. The van der Waals surface area contributed by atoms with Gasteiger partial charge in [0, 0.05) is 12.5 Å². The number of imide groups is 1. The molecule has 0 radical (unpaired) electrons. The lowest BCUT2D eigenvalue weighted by molar-refractivity contribution is -0.134. The average Bonchev–Trinajstić information content (AvgIpc) is 2.80. The van der Waals surface area contributed by atoms with Crippen molar-refractivity contribution in [1.29, 1.82) is 0 Å². The second kappa shape index (κ2) is 6.04. The smallest absolute Gasteiger partial charge is 0.311 e. The maximum atomic E-state index is 12.4. The summed E-state index contributed by atoms with van der Waals surface area (Å²) in [4.78, 5) is 37.6. The Morgan fingerprint density at radius 1 is 1.00 bits per heavy atom. The number of hydrogen-bond acceptors (Lipinski definition) is 4. The van der Waals surface area contributed by atoms with Crippen LogP contribution in [-0.4, -0.2) is 17.8 Å². The quantitative estimate of drug-likeness (QED) is 0.494. The first-order valence-electron chi connectivity index (χ1n) is 7.40. The lowest BCUT2D eigenvalue weighted by Crippen LogP contribution is -2.29. The molecule has 0 saturated carbocycles. The number of esters is 1. The van der Waals surface area contributed by atoms with E-state index in [2.05, 4.69) is 0 Å². The van der Waals surface area contributed by atoms with Crippen LogP contribution >= 0.6 is 0 Å². The van der Waals surface area contributed by atoms with Gasteiger partial charge >= 0.3 is 5.97 Å². The topological polar surface area (TPSA) is 63.7 Å². The lowest BCUT2D eigenvalue weighted by Gasteiger charge is -2.14. The predicted octanol–water partition coefficient (Wildman–Crippen LogP) is 3.19. The van der Waals surface area contributed by atoms with Crippen LogP contribution < -0.4 is 9.64 Å². The molecule has 1 aliphatic rings. The number of carbonyl (C=O) groups excluding carboxylic acids is 3. The summed E-state index contributed by atoms with van der Waals surface area (Å²) in [5.74, 6) is -0.769. The van der Waals surface area contributed by atoms with Crippen LogP contribution in [0.4, 0.5) is 5.69 Å². The minimum absolute atomic E-state index is 0.317. The molecule has 0 bridgehead atoms. The number of benzene rings is 2. The van der Waals surface area contributed by atoms with E-state index in [1.54, 1.807) is 42.5 Å². The highest BCUT2D eigenvalue weighted by atomic mass is 16.5. The first-order chi connectivity index (χ1) is 11.1. The summed E-state index contributed by atoms with van der Waals surface area (Å²) in [6, 6.07) is 13.1. The van der Waals surface area contributed by atoms with E-state index >= 15 is 0 Å². The number of amides is 2. The van der Waals surface area contributed by atoms with Crippen molar-refractivity contribution in [3.63, 3.8) is 0 Å². The molecule has 5 heteroatoms. The number of anilines is 1. The fourth-order valence-electron chi connectivity index (χ4n) is 2.50. The zero-order chi connectivity index (χ0) is 16.4. The van der Waals surface area contributed by atoms with E-state index < -0.39 is 0 Å². The summed E-state index contributed by atoms with van der Waals surface area (Å²) in [6.07, 6.45) is 1.01. The van der Waals surface area contributed by atoms with Gasteiger partial charge in [-0.25, -0.2) is 4.90 Å². The van der Waals surface area contributed by atoms with Gasteiger partial charge in [-0.3, -0.25) is 14.4 Å². The predicted molar refractivity (Wildman–Crippen MR) is 84.6 cm³/mol. The number of nitrogens with zero attached hydrogens (tertiary/aromatic N) is 1. The molecule has 2 amide bonds. The Hall–Kier alpha value is -2.95. The van der Waals surface area contributed by atoms with Gasteiger partial charge in [-0.15, -0.1) is 0 Å². The largest absolute Gasteiger partial charge is 0.426 e. The molecular weight excluding hydrogens is 294 g/mol. The lowest BCUT2D eigenvalue weighted by atomic mass is 10.1. The number of rotatable bonds is 4. The van der Waals surface area contributed by atoms with Gasteiger partial charge in [-0.2, -0.15) is 0 Å². The summed E-state index contributed by atoms with van der Waals surface area (Å²) in [7, 11) is 0. The van der Waals surface area contributed by atoms with Crippen LogP contribution in [0, 0.1) is 0 Å². The first kappa shape index (κ1) is 15.0. The summed E-state index contributed by atoms with van der Waals surface area (Å²) in [5.41, 5.74) is 1.15. The molecule has 0 spiro atoms. The standard InChI is InChI=1S/C18H15NO4/c1-2-6-16(20)23-13-8-5-7-12(11-13)19-17(21)14-9-3-4-10-15(14)18(19)22/h3-5,7-11H,2,6H2,1H3. The molecular formula is C18H15NO4. The van der Waals surface area contributed by atoms with Crippen molar-refractivity contribution < 1.29 is 19.1 Å². The highest BCUT2D eigenvalue weighted by molar-refractivity contribution is 6.34. The van der Waals surface area contributed by atoms with Crippen molar-refractivity contribution in [2.75, 3.05) is 4.90 Å². The number of hydrogen-bond donors (Lipinski definition) is 0. The Kier molecular flexibility index (Phi) is 3.93. The van der Waals surface area contributed by atoms with E-state index in [4.69, 9.17) is 4.74 Å². The van der Waals surface area contributed by atoms with Crippen LogP contribution in [-0.2, 0) is 4.79 Å². The van der Waals surface area contributed by atoms with Crippen LogP contribution in [0.25, 0.3) is 0 Å². The molecule has 1 aliphatic heterocycles. The fourth-order valence-corrected chi connectivity index (χ4v) is 2.50. The number of ether oxygens (including phenoxy) is 1. The van der Waals surface area contributed by atoms with E-state index in [0.29, 0.717) is 35.4 Å². The molecule has 23 heavy (non-hydrogen) atoms. The molecule has 2 aromatic rings. The van der Waals surface area contributed by atoms with E-state index in [1.165, 1.54) is 6.07 Å². The van der Waals surface area contributed by atoms with Crippen molar-refractivity contribution in [1.82, 2.24) is 0 Å². The molecule has 1 heterocycles. The highest BCUT2D eigenvalue weighted by Gasteiger charge is 2.36. The summed E-state index contributed by atoms with van der Waals surface area (Å²) in [5, 5.41) is 0. The normalized spacial score (nSPS) is 13.2. The Labute approximate surface area is 133 Å². The van der Waals surface area contributed by atoms with Gasteiger partial charge in [-0.1, -0.05) is 25.1 Å². The van der Waals surface area contributed by atoms with Crippen LogP contribution in [0.3, 0.4) is 0 Å². The maximum absolute atomic E-state index is 12.4. The Balaban J connectivity index is 1.90. The van der Waals surface area contributed by atoms with Crippen molar-refractivity contribution in [2.45, 2.75) is 19.8 Å². The molecule has 5 nitrogen and oxygen atoms in total. The molecule has 0 N–H and O–H groups in total. The number of carbonyl (C=O) groups is 3. The third kappa shape index (κ3) is 2.73. The third-order valence-corrected chi connectivity index (χ3v) is 3.56. The van der Waals surface area contributed by atoms with E-state index in [0.717, 1.165) is 4.90 Å². The molecule has 0 aliphatic carbocycles. The SMILES string of the molecule is CCCC(=O)Oc1cccc(N2C(=O)c3ccccc3C2=O)c1. The highest BCUT2D eigenvalue weighted by Crippen LogP contribution is 2.30. The van der Waals surface area contributed by atoms with E-state index in [1.807, 2.05) is 6.92 Å². The van der Waals surface area contributed by atoms with Gasteiger partial charge in [0.1, 0.15) is 5.75 Å². The molecule has 116 valence electrons. The van der Waals surface area contributed by atoms with Crippen LogP contribution in [0.2, 0.25) is 0 Å². The van der Waals surface area contributed by atoms with Gasteiger partial charge in [0.25, 0.3) is 11.8 Å². The fraction of sp³-hybridized carbons (Fsp3) is 0.167. The summed E-state index contributed by atoms with van der Waals surface area (Å²) >= 11 is 0. The molecule has 0 fully saturated rings. The molecule has 0 atom stereocenters. The van der Waals surface area contributed by atoms with Gasteiger partial charge in [-0.05, 0) is 30.7 Å². The minimum atomic E-state index is -0.373. The molecule has 0 saturated heterocycles. The van der Waals surface area contributed by atoms with Crippen molar-refractivity contribution in [3.8, 4) is 5.75 Å². The van der Waals surface area contributed by atoms with Gasteiger partial charge in [0.15, 0.2) is 0 Å². The van der Waals surface area contributed by atoms with Crippen molar-refractivity contribution in [2.24, 2.45) is 0 Å². The monoisotopic (exact) mass is 309 g/mol. The van der Waals surface area contributed by atoms with E-state index in [-0.39, 0.29) is 17.8 Å². The van der Waals surface area contributed by atoms with E-state index in [9.17, 15) is 14.4 Å². The average molecular weight is 309 g/mol. The first-order valence-corrected chi connectivity index (χ1v) is 7.40. The van der Waals surface area contributed by atoms with Crippen molar-refractivity contribution >= 4 is 23.5 Å². The summed E-state index contributed by atoms with van der Waals surface area (Å²) in [6.45, 7) is 1.89. The van der Waals surface area contributed by atoms with Crippen LogP contribution in [0.15, 0.2) is 48.5 Å². The van der Waals surface area contributed by atoms with Gasteiger partial charge in [0.2, 0.25) is 0 Å². The zero-order valence-electron chi connectivity index (χ0n) is 12.6. The third-order valence-electron chi connectivity index (χ3n) is 3.56. The second-order valence-corrected chi connectivity index (χ2v) is 5.21. The van der Waals surface area contributed by atoms with Crippen LogP contribution in [0.1, 0.15) is 40.5 Å². The zero-order valence-corrected chi connectivity index (χ0v) is 12.6. The van der Waals surface area contributed by atoms with Gasteiger partial charge < -0.3 is 4.74 Å². The van der Waals surface area contributed by atoms with Gasteiger partial charge in [0.05, 0.1) is 16.8 Å². The molecule has 0 unspecified atom stereocenters. The molecule has 3 rings (SSSR count). The number of fused-ring (bicyclic) bond motifs is 1. The Bertz CT molecular complexity index is 762. The molecule has 0 aromatic heterocycles. The maximum Gasteiger partial charge on any atom is 0.311 e. The second-order valence-electron chi connectivity index (χ2n) is 5.21.